The molecule has 172 valence electrons. The van der Waals surface area contributed by atoms with Crippen molar-refractivity contribution < 1.29 is 17.9 Å². The molecule has 3 heterocycles. The third kappa shape index (κ3) is 6.52. The number of anilines is 2. The van der Waals surface area contributed by atoms with Gasteiger partial charge in [0.25, 0.3) is 0 Å². The number of aromatic nitrogens is 3. The van der Waals surface area contributed by atoms with Crippen LogP contribution in [-0.2, 0) is 13.0 Å². The smallest absolute Gasteiger partial charge is 0.393 e. The molecule has 0 atom stereocenters. The zero-order chi connectivity index (χ0) is 23.3. The lowest BCUT2D eigenvalue weighted by Gasteiger charge is -2.19. The SMILES string of the molecule is CN1C/C=C/CCOc2cc(ccn2)-c2ccnc(n2)Nc2ccc(CC(F)(F)F)c(c2)C1. The molecule has 33 heavy (non-hydrogen) atoms. The van der Waals surface area contributed by atoms with E-state index >= 15 is 0 Å². The van der Waals surface area contributed by atoms with Crippen molar-refractivity contribution in [3.8, 4) is 17.1 Å². The van der Waals surface area contributed by atoms with E-state index in [-0.39, 0.29) is 5.56 Å². The Morgan fingerprint density at radius 3 is 2.76 bits per heavy atom. The molecule has 0 fully saturated rings. The first-order valence-corrected chi connectivity index (χ1v) is 10.6. The van der Waals surface area contributed by atoms with Gasteiger partial charge in [-0.1, -0.05) is 18.2 Å². The first kappa shape index (κ1) is 22.7. The van der Waals surface area contributed by atoms with Gasteiger partial charge in [0, 0.05) is 42.8 Å². The Morgan fingerprint density at radius 2 is 1.91 bits per heavy atom. The molecule has 0 saturated heterocycles. The molecule has 1 N–H and O–H groups in total. The summed E-state index contributed by atoms with van der Waals surface area (Å²) in [7, 11) is 1.87. The minimum absolute atomic E-state index is 0.255. The van der Waals surface area contributed by atoms with Gasteiger partial charge in [0.2, 0.25) is 11.8 Å². The van der Waals surface area contributed by atoms with E-state index in [1.54, 1.807) is 30.6 Å². The van der Waals surface area contributed by atoms with E-state index in [1.807, 2.05) is 36.2 Å². The molecule has 6 bridgehead atoms. The maximum atomic E-state index is 13.1. The first-order valence-electron chi connectivity index (χ1n) is 10.6. The van der Waals surface area contributed by atoms with E-state index in [2.05, 4.69) is 20.3 Å². The van der Waals surface area contributed by atoms with Crippen molar-refractivity contribution in [3.05, 3.63) is 72.1 Å². The number of rotatable bonds is 1. The molecule has 6 nitrogen and oxygen atoms in total. The molecule has 0 saturated carbocycles. The summed E-state index contributed by atoms with van der Waals surface area (Å²) < 4.78 is 45.1. The second-order valence-electron chi connectivity index (χ2n) is 7.85. The van der Waals surface area contributed by atoms with Gasteiger partial charge in [0.1, 0.15) is 0 Å². The van der Waals surface area contributed by atoms with Gasteiger partial charge in [-0.25, -0.2) is 15.0 Å². The summed E-state index contributed by atoms with van der Waals surface area (Å²) in [6, 6.07) is 10.3. The minimum atomic E-state index is -4.28. The molecule has 0 radical (unpaired) electrons. The molecule has 9 heteroatoms. The van der Waals surface area contributed by atoms with Crippen LogP contribution in [0.25, 0.3) is 11.3 Å². The van der Waals surface area contributed by atoms with Crippen LogP contribution in [0.15, 0.2) is 60.9 Å². The number of halogens is 3. The van der Waals surface area contributed by atoms with Crippen molar-refractivity contribution in [1.29, 1.82) is 0 Å². The molecule has 0 aliphatic carbocycles. The van der Waals surface area contributed by atoms with E-state index in [9.17, 15) is 13.2 Å². The monoisotopic (exact) mass is 455 g/mol. The van der Waals surface area contributed by atoms with Crippen LogP contribution in [0.4, 0.5) is 24.8 Å². The van der Waals surface area contributed by atoms with Crippen LogP contribution in [0, 0.1) is 0 Å². The van der Waals surface area contributed by atoms with E-state index < -0.39 is 12.6 Å². The highest BCUT2D eigenvalue weighted by molar-refractivity contribution is 5.63. The molecule has 0 spiro atoms. The Balaban J connectivity index is 1.70. The molecular weight excluding hydrogens is 431 g/mol. The van der Waals surface area contributed by atoms with Gasteiger partial charge in [-0.05, 0) is 48.9 Å². The lowest BCUT2D eigenvalue weighted by molar-refractivity contribution is -0.127. The van der Waals surface area contributed by atoms with Crippen LogP contribution >= 0.6 is 0 Å². The quantitative estimate of drug-likeness (QED) is 0.512. The van der Waals surface area contributed by atoms with Gasteiger partial charge in [-0.15, -0.1) is 0 Å². The van der Waals surface area contributed by atoms with Crippen LogP contribution in [0.1, 0.15) is 17.5 Å². The van der Waals surface area contributed by atoms with Crippen molar-refractivity contribution in [1.82, 2.24) is 19.9 Å². The molecule has 0 unspecified atom stereocenters. The summed E-state index contributed by atoms with van der Waals surface area (Å²) in [4.78, 5) is 15.0. The van der Waals surface area contributed by atoms with Crippen molar-refractivity contribution in [2.24, 2.45) is 0 Å². The maximum Gasteiger partial charge on any atom is 0.393 e. The van der Waals surface area contributed by atoms with E-state index in [4.69, 9.17) is 4.74 Å². The fraction of sp³-hybridized carbons (Fsp3) is 0.292. The summed E-state index contributed by atoms with van der Waals surface area (Å²) in [5.41, 5.74) is 2.98. The summed E-state index contributed by atoms with van der Waals surface area (Å²) in [6.45, 7) is 1.43. The van der Waals surface area contributed by atoms with Gasteiger partial charge >= 0.3 is 6.18 Å². The molecule has 4 rings (SSSR count). The third-order valence-corrected chi connectivity index (χ3v) is 5.10. The number of nitrogens with one attached hydrogen (secondary N) is 1. The van der Waals surface area contributed by atoms with Crippen molar-refractivity contribution in [3.63, 3.8) is 0 Å². The van der Waals surface area contributed by atoms with Crippen LogP contribution in [0.5, 0.6) is 5.88 Å². The van der Waals surface area contributed by atoms with Gasteiger partial charge in [-0.2, -0.15) is 13.2 Å². The molecule has 1 aromatic carbocycles. The molecule has 2 aromatic heterocycles. The third-order valence-electron chi connectivity index (χ3n) is 5.10. The maximum absolute atomic E-state index is 13.1. The molecule has 1 aliphatic heterocycles. The summed E-state index contributed by atoms with van der Waals surface area (Å²) in [5.74, 6) is 0.857. The zero-order valence-electron chi connectivity index (χ0n) is 18.1. The van der Waals surface area contributed by atoms with Crippen molar-refractivity contribution >= 4 is 11.6 Å². The second kappa shape index (κ2) is 9.99. The fourth-order valence-electron chi connectivity index (χ4n) is 3.55. The Kier molecular flexibility index (Phi) is 6.88. The lowest BCUT2D eigenvalue weighted by atomic mass is 10.0. The van der Waals surface area contributed by atoms with Gasteiger partial charge in [0.15, 0.2) is 0 Å². The molecule has 3 aromatic rings. The van der Waals surface area contributed by atoms with Crippen LogP contribution < -0.4 is 10.1 Å². The number of pyridine rings is 1. The Morgan fingerprint density at radius 1 is 1.06 bits per heavy atom. The molecule has 1 aliphatic rings. The largest absolute Gasteiger partial charge is 0.477 e. The number of hydrogen-bond acceptors (Lipinski definition) is 6. The predicted octanol–water partition coefficient (Wildman–Crippen LogP) is 5.16. The summed E-state index contributed by atoms with van der Waals surface area (Å²) in [5, 5.41) is 3.12. The fourth-order valence-corrected chi connectivity index (χ4v) is 3.55. The summed E-state index contributed by atoms with van der Waals surface area (Å²) >= 11 is 0. The predicted molar refractivity (Wildman–Crippen MR) is 120 cm³/mol. The first-order chi connectivity index (χ1) is 15.9. The molecule has 0 amide bonds. The van der Waals surface area contributed by atoms with E-state index in [0.717, 1.165) is 5.56 Å². The van der Waals surface area contributed by atoms with Crippen molar-refractivity contribution in [2.75, 3.05) is 25.5 Å². The summed E-state index contributed by atoms with van der Waals surface area (Å²) in [6.07, 6.45) is 2.71. The number of fused-ring (bicyclic) bond motifs is 7. The van der Waals surface area contributed by atoms with E-state index in [1.165, 1.54) is 6.07 Å². The van der Waals surface area contributed by atoms with Gasteiger partial charge in [0.05, 0.1) is 18.7 Å². The van der Waals surface area contributed by atoms with Crippen LogP contribution in [0.3, 0.4) is 0 Å². The van der Waals surface area contributed by atoms with Gasteiger partial charge < -0.3 is 10.1 Å². The normalized spacial score (nSPS) is 16.1. The number of hydrogen-bond donors (Lipinski definition) is 1. The number of nitrogens with zero attached hydrogens (tertiary/aromatic N) is 4. The van der Waals surface area contributed by atoms with Gasteiger partial charge in [-0.3, -0.25) is 4.90 Å². The standard InChI is InChI=1S/C24H24F3N5O/c1-32-11-3-2-4-12-33-22-14-17(7-9-28-22)21-8-10-29-23(31-21)30-20-6-5-18(15-24(25,26)27)19(13-20)16-32/h2-3,5-10,13-14H,4,11-12,15-16H2,1H3,(H,29,30,31)/b3-2+. The number of benzene rings is 1. The minimum Gasteiger partial charge on any atom is -0.477 e. The highest BCUT2D eigenvalue weighted by atomic mass is 19.4. The van der Waals surface area contributed by atoms with Crippen LogP contribution in [-0.4, -0.2) is 46.2 Å². The van der Waals surface area contributed by atoms with E-state index in [0.29, 0.717) is 54.9 Å². The van der Waals surface area contributed by atoms with Crippen molar-refractivity contribution in [2.45, 2.75) is 25.6 Å². The molecular formula is C24H24F3N5O. The highest BCUT2D eigenvalue weighted by Gasteiger charge is 2.29. The Labute approximate surface area is 190 Å². The Bertz CT molecular complexity index is 1130. The number of alkyl halides is 3. The average molecular weight is 455 g/mol. The lowest BCUT2D eigenvalue weighted by Crippen LogP contribution is -2.20. The topological polar surface area (TPSA) is 63.2 Å². The number of likely N-dealkylation sites (N-methyl/N-ethyl adjacent to an activating group) is 1. The zero-order valence-corrected chi connectivity index (χ0v) is 18.1. The Hall–Kier alpha value is -3.46. The second-order valence-corrected chi connectivity index (χ2v) is 7.85. The van der Waals surface area contributed by atoms with Crippen LogP contribution in [0.2, 0.25) is 0 Å². The average Bonchev–Trinajstić information content (AvgIpc) is 2.77. The number of ether oxygens (including phenoxy) is 1. The highest BCUT2D eigenvalue weighted by Crippen LogP contribution is 2.28.